The molecular weight excluding hydrogens is 785 g/mol. The van der Waals surface area contributed by atoms with Crippen molar-refractivity contribution in [1.82, 2.24) is 34.7 Å². The molecule has 280 valence electrons. The Hall–Kier alpha value is -1.78. The SMILES string of the molecule is CC(=O)NC1CCN(CCOc2cc(C)n(-c3ccc(Cl)c(Cl)c3)n2)C1.Cc1cc(OCCN2CCC(N)C2)nn1-c1ccc(Cl)c(Cl)c1.Cl.[Na+].[OH-]. The van der Waals surface area contributed by atoms with Crippen molar-refractivity contribution < 1.29 is 49.3 Å². The van der Waals surface area contributed by atoms with Gasteiger partial charge in [0, 0.05) is 75.3 Å². The smallest absolute Gasteiger partial charge is 0.870 e. The van der Waals surface area contributed by atoms with Gasteiger partial charge in [0.1, 0.15) is 13.2 Å². The minimum Gasteiger partial charge on any atom is -0.870 e. The zero-order valence-electron chi connectivity index (χ0n) is 29.7. The number of nitrogens with one attached hydrogen (secondary N) is 1. The zero-order valence-corrected chi connectivity index (χ0v) is 35.5. The number of halogens is 5. The molecule has 2 aromatic carbocycles. The van der Waals surface area contributed by atoms with Crippen molar-refractivity contribution >= 4 is 64.7 Å². The van der Waals surface area contributed by atoms with E-state index in [-0.39, 0.29) is 59.4 Å². The summed E-state index contributed by atoms with van der Waals surface area (Å²) >= 11 is 24.1. The first-order chi connectivity index (χ1) is 23.4. The number of benzene rings is 2. The predicted molar refractivity (Wildman–Crippen MR) is 205 cm³/mol. The Labute approximate surface area is 353 Å². The van der Waals surface area contributed by atoms with E-state index in [2.05, 4.69) is 25.3 Å². The van der Waals surface area contributed by atoms with Crippen molar-refractivity contribution in [2.24, 2.45) is 5.73 Å². The first-order valence-corrected chi connectivity index (χ1v) is 17.7. The Morgan fingerprint density at radius 1 is 0.788 bits per heavy atom. The van der Waals surface area contributed by atoms with E-state index in [1.54, 1.807) is 40.6 Å². The van der Waals surface area contributed by atoms with Gasteiger partial charge < -0.3 is 26.0 Å². The number of nitrogens with zero attached hydrogens (tertiary/aromatic N) is 6. The van der Waals surface area contributed by atoms with Gasteiger partial charge in [0.25, 0.3) is 0 Å². The predicted octanol–water partition coefficient (Wildman–Crippen LogP) is 3.23. The molecule has 52 heavy (non-hydrogen) atoms. The van der Waals surface area contributed by atoms with Crippen LogP contribution < -0.4 is 50.1 Å². The summed E-state index contributed by atoms with van der Waals surface area (Å²) in [5.41, 5.74) is 9.52. The summed E-state index contributed by atoms with van der Waals surface area (Å²) in [6.07, 6.45) is 2.04. The zero-order chi connectivity index (χ0) is 35.1. The molecule has 6 rings (SSSR count). The molecule has 0 aliphatic carbocycles. The average molecular weight is 829 g/mol. The normalized spacial score (nSPS) is 16.9. The van der Waals surface area contributed by atoms with E-state index in [0.717, 1.165) is 74.9 Å². The number of hydrogen-bond acceptors (Lipinski definition) is 9. The van der Waals surface area contributed by atoms with Crippen LogP contribution in [0.4, 0.5) is 0 Å². The van der Waals surface area contributed by atoms with Crippen molar-refractivity contribution in [1.29, 1.82) is 0 Å². The molecule has 12 nitrogen and oxygen atoms in total. The fourth-order valence-corrected chi connectivity index (χ4v) is 6.44. The number of likely N-dealkylation sites (tertiary alicyclic amines) is 2. The van der Waals surface area contributed by atoms with Crippen molar-refractivity contribution in [3.63, 3.8) is 0 Å². The molecule has 1 amide bonds. The molecule has 4 N–H and O–H groups in total. The third kappa shape index (κ3) is 13.2. The van der Waals surface area contributed by atoms with Gasteiger partial charge >= 0.3 is 29.6 Å². The Kier molecular flexibility index (Phi) is 19.6. The van der Waals surface area contributed by atoms with E-state index < -0.39 is 0 Å². The van der Waals surface area contributed by atoms with Crippen LogP contribution in [0.3, 0.4) is 0 Å². The minimum absolute atomic E-state index is 0. The second kappa shape index (κ2) is 21.9. The monoisotopic (exact) mass is 826 g/mol. The average Bonchev–Trinajstić information content (AvgIpc) is 3.84. The van der Waals surface area contributed by atoms with E-state index in [4.69, 9.17) is 61.6 Å². The number of ether oxygens (including phenoxy) is 2. The van der Waals surface area contributed by atoms with Gasteiger partial charge in [-0.05, 0) is 69.6 Å². The summed E-state index contributed by atoms with van der Waals surface area (Å²) in [4.78, 5) is 15.7. The molecule has 2 atom stereocenters. The molecule has 2 fully saturated rings. The number of aromatic nitrogens is 4. The van der Waals surface area contributed by atoms with Crippen LogP contribution in [-0.4, -0.2) is 105 Å². The molecule has 0 spiro atoms. The topological polar surface area (TPSA) is 146 Å². The largest absolute Gasteiger partial charge is 1.00 e. The molecule has 2 aromatic heterocycles. The first-order valence-electron chi connectivity index (χ1n) is 16.2. The molecule has 4 heterocycles. The van der Waals surface area contributed by atoms with Crippen LogP contribution in [-0.2, 0) is 4.79 Å². The van der Waals surface area contributed by atoms with Gasteiger partial charge in [-0.2, -0.15) is 0 Å². The molecule has 2 saturated heterocycles. The van der Waals surface area contributed by atoms with Crippen LogP contribution in [0.1, 0.15) is 31.2 Å². The van der Waals surface area contributed by atoms with E-state index in [1.165, 1.54) is 0 Å². The van der Waals surface area contributed by atoms with Gasteiger partial charge in [0.2, 0.25) is 17.7 Å². The number of amides is 1. The van der Waals surface area contributed by atoms with Crippen LogP contribution >= 0.6 is 58.8 Å². The molecule has 2 unspecified atom stereocenters. The van der Waals surface area contributed by atoms with Crippen LogP contribution in [0.2, 0.25) is 20.1 Å². The standard InChI is InChI=1S/C18H22Cl2N4O2.C16H20Cl2N4O.ClH.Na.H2O/c1-12-9-18(22-24(12)15-3-4-16(19)17(20)10-15)26-8-7-23-6-5-14(11-23)21-13(2)25;1-11-8-16(23-7-6-21-5-4-12(19)10-21)20-22(11)13-2-3-14(17)15(18)9-13;;;/h3-4,9-10,14H,5-8,11H2,1-2H3,(H,21,25);2-3,8-9,12H,4-7,10,19H2,1H3;1H;;1H2/q;;;+1;/p-1. The number of rotatable bonds is 11. The molecular formula is C34H44Cl5N8NaO4. The Morgan fingerprint density at radius 3 is 1.67 bits per heavy atom. The van der Waals surface area contributed by atoms with Gasteiger partial charge in [-0.15, -0.1) is 22.6 Å². The third-order valence-corrected chi connectivity index (χ3v) is 9.81. The van der Waals surface area contributed by atoms with Gasteiger partial charge in [-0.25, -0.2) is 9.36 Å². The molecule has 18 heteroatoms. The number of aryl methyl sites for hydroxylation is 2. The number of carbonyl (C=O) groups is 1. The van der Waals surface area contributed by atoms with Crippen molar-refractivity contribution in [3.05, 3.63) is 80.0 Å². The molecule has 2 aliphatic rings. The maximum absolute atomic E-state index is 11.1. The second-order valence-corrected chi connectivity index (χ2v) is 13.9. The Balaban J connectivity index is 0.000000343. The van der Waals surface area contributed by atoms with Crippen molar-refractivity contribution in [2.45, 2.75) is 45.7 Å². The summed E-state index contributed by atoms with van der Waals surface area (Å²) < 4.78 is 15.1. The van der Waals surface area contributed by atoms with Crippen LogP contribution in [0.5, 0.6) is 11.8 Å². The Morgan fingerprint density at radius 2 is 1.25 bits per heavy atom. The minimum atomic E-state index is 0. The van der Waals surface area contributed by atoms with Gasteiger partial charge in [-0.1, -0.05) is 46.4 Å². The summed E-state index contributed by atoms with van der Waals surface area (Å²) in [5, 5.41) is 14.0. The van der Waals surface area contributed by atoms with E-state index in [0.29, 0.717) is 51.1 Å². The number of hydrogen-bond donors (Lipinski definition) is 2. The quantitative estimate of drug-likeness (QED) is 0.218. The summed E-state index contributed by atoms with van der Waals surface area (Å²) in [6, 6.07) is 15.2. The first kappa shape index (κ1) is 46.4. The summed E-state index contributed by atoms with van der Waals surface area (Å²) in [5.74, 6) is 1.21. The molecule has 2 aliphatic heterocycles. The summed E-state index contributed by atoms with van der Waals surface area (Å²) in [7, 11) is 0. The summed E-state index contributed by atoms with van der Waals surface area (Å²) in [6.45, 7) is 12.1. The van der Waals surface area contributed by atoms with Crippen LogP contribution in [0.15, 0.2) is 48.5 Å². The fourth-order valence-electron chi connectivity index (χ4n) is 5.86. The molecule has 0 bridgehead atoms. The van der Waals surface area contributed by atoms with E-state index in [9.17, 15) is 4.79 Å². The van der Waals surface area contributed by atoms with E-state index >= 15 is 0 Å². The second-order valence-electron chi connectivity index (χ2n) is 12.3. The molecule has 0 saturated carbocycles. The van der Waals surface area contributed by atoms with Crippen molar-refractivity contribution in [3.8, 4) is 23.1 Å². The van der Waals surface area contributed by atoms with Crippen LogP contribution in [0.25, 0.3) is 11.4 Å². The Bertz CT molecular complexity index is 1750. The molecule has 4 aromatic rings. The van der Waals surface area contributed by atoms with E-state index in [1.807, 2.05) is 38.1 Å². The van der Waals surface area contributed by atoms with Crippen molar-refractivity contribution in [2.75, 3.05) is 52.5 Å². The van der Waals surface area contributed by atoms with Gasteiger partial charge in [0.15, 0.2) is 0 Å². The van der Waals surface area contributed by atoms with Crippen LogP contribution in [0, 0.1) is 13.8 Å². The maximum Gasteiger partial charge on any atom is 1.00 e. The van der Waals surface area contributed by atoms with Gasteiger partial charge in [0.05, 0.1) is 31.5 Å². The number of nitrogens with two attached hydrogens (primary N) is 1. The number of carbonyl (C=O) groups excluding carboxylic acids is 1. The fraction of sp³-hybridized carbons (Fsp3) is 0.441. The van der Waals surface area contributed by atoms with Gasteiger partial charge in [-0.3, -0.25) is 14.6 Å². The molecule has 0 radical (unpaired) electrons. The third-order valence-electron chi connectivity index (χ3n) is 8.33. The maximum atomic E-state index is 11.1.